The minimum atomic E-state index is -0.628. The molecule has 0 radical (unpaired) electrons. The summed E-state index contributed by atoms with van der Waals surface area (Å²) in [7, 11) is 0. The summed E-state index contributed by atoms with van der Waals surface area (Å²) in [6, 6.07) is 4.58. The first-order chi connectivity index (χ1) is 10.9. The van der Waals surface area contributed by atoms with Gasteiger partial charge in [0.1, 0.15) is 11.6 Å². The van der Waals surface area contributed by atoms with E-state index in [-0.39, 0.29) is 21.4 Å². The largest absolute Gasteiger partial charge is 0.505 e. The fourth-order valence-electron chi connectivity index (χ4n) is 1.49. The third kappa shape index (κ3) is 4.36. The molecule has 1 aromatic carbocycles. The summed E-state index contributed by atoms with van der Waals surface area (Å²) in [6.07, 6.45) is 3.12. The number of benzene rings is 1. The SMILES string of the molecule is CSc1nsc(NC(=O)/C(C#N)=C\c2cc(Cl)c(O)c(Cl)c2)n1. The number of carbonyl (C=O) groups excluding carboxylic acids is 1. The number of halogens is 2. The number of nitriles is 1. The van der Waals surface area contributed by atoms with Gasteiger partial charge in [0.15, 0.2) is 5.75 Å². The monoisotopic (exact) mass is 386 g/mol. The van der Waals surface area contributed by atoms with Crippen LogP contribution in [-0.4, -0.2) is 26.6 Å². The molecule has 0 bridgehead atoms. The van der Waals surface area contributed by atoms with Gasteiger partial charge in [0, 0.05) is 11.5 Å². The molecule has 0 spiro atoms. The predicted molar refractivity (Wildman–Crippen MR) is 92.0 cm³/mol. The molecule has 1 aromatic heterocycles. The lowest BCUT2D eigenvalue weighted by molar-refractivity contribution is -0.112. The molecule has 0 unspecified atom stereocenters. The molecule has 0 atom stereocenters. The van der Waals surface area contributed by atoms with E-state index in [0.717, 1.165) is 11.5 Å². The maximum Gasteiger partial charge on any atom is 0.268 e. The standard InChI is InChI=1S/C13H8Cl2N4O2S2/c1-22-13-18-12(23-19-13)17-11(21)7(5-16)2-6-3-8(14)10(20)9(15)4-6/h2-4,20H,1H3,(H,17,18,19,21)/b7-2-. The van der Waals surface area contributed by atoms with Gasteiger partial charge in [-0.05, 0) is 30.0 Å². The van der Waals surface area contributed by atoms with Crippen LogP contribution >= 0.6 is 46.5 Å². The van der Waals surface area contributed by atoms with E-state index in [2.05, 4.69) is 14.7 Å². The van der Waals surface area contributed by atoms with Crippen LogP contribution in [-0.2, 0) is 4.79 Å². The Labute approximate surface area is 149 Å². The van der Waals surface area contributed by atoms with Gasteiger partial charge in [-0.3, -0.25) is 10.1 Å². The number of phenolic OH excluding ortho intramolecular Hbond substituents is 1. The highest BCUT2D eigenvalue weighted by atomic mass is 35.5. The molecule has 2 aromatic rings. The van der Waals surface area contributed by atoms with Crippen LogP contribution in [0.15, 0.2) is 22.9 Å². The molecule has 1 heterocycles. The lowest BCUT2D eigenvalue weighted by Gasteiger charge is -2.03. The first-order valence-electron chi connectivity index (χ1n) is 5.93. The Balaban J connectivity index is 2.24. The second kappa shape index (κ2) is 7.66. The predicted octanol–water partition coefficient (Wildman–Crippen LogP) is 3.82. The van der Waals surface area contributed by atoms with E-state index in [1.807, 2.05) is 6.26 Å². The number of hydrogen-bond acceptors (Lipinski definition) is 7. The second-order valence-electron chi connectivity index (χ2n) is 4.04. The Morgan fingerprint density at radius 1 is 1.48 bits per heavy atom. The third-order valence-electron chi connectivity index (χ3n) is 2.53. The summed E-state index contributed by atoms with van der Waals surface area (Å²) in [5, 5.41) is 22.0. The van der Waals surface area contributed by atoms with E-state index in [4.69, 9.17) is 28.5 Å². The van der Waals surface area contributed by atoms with E-state index in [1.165, 1.54) is 30.0 Å². The van der Waals surface area contributed by atoms with Gasteiger partial charge < -0.3 is 5.11 Å². The topological polar surface area (TPSA) is 98.9 Å². The Hall–Kier alpha value is -1.79. The van der Waals surface area contributed by atoms with Crippen LogP contribution in [0.1, 0.15) is 5.56 Å². The number of nitrogens with zero attached hydrogens (tertiary/aromatic N) is 3. The molecule has 0 aliphatic rings. The van der Waals surface area contributed by atoms with Gasteiger partial charge in [-0.2, -0.15) is 14.6 Å². The number of rotatable bonds is 4. The molecule has 1 amide bonds. The first-order valence-corrected chi connectivity index (χ1v) is 8.69. The minimum absolute atomic E-state index is 0.0233. The summed E-state index contributed by atoms with van der Waals surface area (Å²) in [5.74, 6) is -0.886. The fraction of sp³-hybridized carbons (Fsp3) is 0.0769. The van der Waals surface area contributed by atoms with Crippen molar-refractivity contribution in [1.29, 1.82) is 5.26 Å². The number of hydrogen-bond donors (Lipinski definition) is 2. The van der Waals surface area contributed by atoms with Crippen molar-refractivity contribution in [2.75, 3.05) is 11.6 Å². The van der Waals surface area contributed by atoms with Crippen LogP contribution in [0.25, 0.3) is 6.08 Å². The quantitative estimate of drug-likeness (QED) is 0.470. The molecule has 118 valence electrons. The normalized spacial score (nSPS) is 11.1. The van der Waals surface area contributed by atoms with Crippen molar-refractivity contribution >= 4 is 63.6 Å². The molecule has 10 heteroatoms. The minimum Gasteiger partial charge on any atom is -0.505 e. The molecule has 0 saturated heterocycles. The van der Waals surface area contributed by atoms with E-state index in [1.54, 1.807) is 6.07 Å². The number of anilines is 1. The van der Waals surface area contributed by atoms with E-state index in [9.17, 15) is 9.90 Å². The molecule has 2 rings (SSSR count). The zero-order valence-corrected chi connectivity index (χ0v) is 14.6. The van der Waals surface area contributed by atoms with E-state index >= 15 is 0 Å². The molecule has 0 aliphatic carbocycles. The summed E-state index contributed by atoms with van der Waals surface area (Å²) >= 11 is 14.0. The van der Waals surface area contributed by atoms with Gasteiger partial charge in [0.05, 0.1) is 10.0 Å². The maximum atomic E-state index is 12.1. The number of amides is 1. The van der Waals surface area contributed by atoms with E-state index < -0.39 is 5.91 Å². The lowest BCUT2D eigenvalue weighted by Crippen LogP contribution is -2.13. The molecule has 6 nitrogen and oxygen atoms in total. The molecular formula is C13H8Cl2N4O2S2. The highest BCUT2D eigenvalue weighted by molar-refractivity contribution is 7.98. The van der Waals surface area contributed by atoms with Crippen molar-refractivity contribution in [3.63, 3.8) is 0 Å². The Bertz CT molecular complexity index is 807. The third-order valence-corrected chi connectivity index (χ3v) is 4.40. The summed E-state index contributed by atoms with van der Waals surface area (Å²) in [4.78, 5) is 16.2. The number of aromatic hydroxyl groups is 1. The van der Waals surface area contributed by atoms with Crippen molar-refractivity contribution in [2.45, 2.75) is 5.16 Å². The lowest BCUT2D eigenvalue weighted by atomic mass is 10.1. The number of nitrogens with one attached hydrogen (secondary N) is 1. The van der Waals surface area contributed by atoms with Crippen LogP contribution in [0.4, 0.5) is 5.13 Å². The zero-order chi connectivity index (χ0) is 17.0. The van der Waals surface area contributed by atoms with Crippen LogP contribution in [0.5, 0.6) is 5.75 Å². The smallest absolute Gasteiger partial charge is 0.268 e. The van der Waals surface area contributed by atoms with Gasteiger partial charge in [-0.1, -0.05) is 35.0 Å². The van der Waals surface area contributed by atoms with Gasteiger partial charge in [-0.15, -0.1) is 0 Å². The fourth-order valence-corrected chi connectivity index (χ4v) is 3.12. The molecule has 0 fully saturated rings. The highest BCUT2D eigenvalue weighted by Gasteiger charge is 2.13. The van der Waals surface area contributed by atoms with Crippen LogP contribution < -0.4 is 5.32 Å². The number of aromatic nitrogens is 2. The van der Waals surface area contributed by atoms with Crippen LogP contribution in [0, 0.1) is 11.3 Å². The Morgan fingerprint density at radius 3 is 2.65 bits per heavy atom. The Kier molecular flexibility index (Phi) is 5.85. The van der Waals surface area contributed by atoms with Crippen molar-refractivity contribution in [1.82, 2.24) is 9.36 Å². The first kappa shape index (κ1) is 17.6. The van der Waals surface area contributed by atoms with Crippen LogP contribution in [0.3, 0.4) is 0 Å². The van der Waals surface area contributed by atoms with Crippen molar-refractivity contribution < 1.29 is 9.90 Å². The zero-order valence-electron chi connectivity index (χ0n) is 11.5. The van der Waals surface area contributed by atoms with Gasteiger partial charge in [0.25, 0.3) is 5.91 Å². The van der Waals surface area contributed by atoms with Crippen molar-refractivity contribution in [2.24, 2.45) is 0 Å². The maximum absolute atomic E-state index is 12.1. The number of carbonyl (C=O) groups is 1. The average Bonchev–Trinajstić information content (AvgIpc) is 2.97. The molecule has 0 saturated carbocycles. The Morgan fingerprint density at radius 2 is 2.13 bits per heavy atom. The van der Waals surface area contributed by atoms with E-state index in [0.29, 0.717) is 15.9 Å². The molecular weight excluding hydrogens is 379 g/mol. The van der Waals surface area contributed by atoms with Crippen molar-refractivity contribution in [3.05, 3.63) is 33.3 Å². The van der Waals surface area contributed by atoms with Crippen LogP contribution in [0.2, 0.25) is 10.0 Å². The number of phenols is 1. The molecule has 23 heavy (non-hydrogen) atoms. The van der Waals surface area contributed by atoms with Gasteiger partial charge in [0.2, 0.25) is 10.3 Å². The molecule has 0 aliphatic heterocycles. The highest BCUT2D eigenvalue weighted by Crippen LogP contribution is 2.33. The summed E-state index contributed by atoms with van der Waals surface area (Å²) in [6.45, 7) is 0. The second-order valence-corrected chi connectivity index (χ2v) is 6.38. The van der Waals surface area contributed by atoms with Crippen molar-refractivity contribution in [3.8, 4) is 11.8 Å². The molecule has 2 N–H and O–H groups in total. The van der Waals surface area contributed by atoms with Gasteiger partial charge >= 0.3 is 0 Å². The number of thioether (sulfide) groups is 1. The summed E-state index contributed by atoms with van der Waals surface area (Å²) in [5.41, 5.74) is 0.246. The van der Waals surface area contributed by atoms with Gasteiger partial charge in [-0.25, -0.2) is 0 Å². The summed E-state index contributed by atoms with van der Waals surface area (Å²) < 4.78 is 4.00. The average molecular weight is 387 g/mol.